The molecule has 0 fully saturated rings. The minimum absolute atomic E-state index is 0.0674. The number of ether oxygens (including phenoxy) is 1. The number of nitrogens with one attached hydrogen (secondary N) is 1. The molecule has 6 heteroatoms. The number of oxazole rings is 1. The summed E-state index contributed by atoms with van der Waals surface area (Å²) in [6, 6.07) is 20.9. The summed E-state index contributed by atoms with van der Waals surface area (Å²) < 4.78 is 12.4. The van der Waals surface area contributed by atoms with Crippen LogP contribution in [0, 0.1) is 0 Å². The van der Waals surface area contributed by atoms with Crippen LogP contribution in [0.5, 0.6) is 5.75 Å². The number of benzene rings is 3. The second-order valence-electron chi connectivity index (χ2n) is 7.27. The average molecular weight is 465 g/mol. The molecule has 4 rings (SSSR count). The number of carbonyl (C=O) groups excluding carboxylic acids is 1. The molecule has 0 spiro atoms. The lowest BCUT2D eigenvalue weighted by molar-refractivity contribution is -0.118. The number of nitrogens with zero attached hydrogens (tertiary/aromatic N) is 1. The molecule has 152 valence electrons. The molecule has 3 aromatic carbocycles. The van der Waals surface area contributed by atoms with Crippen LogP contribution in [0.4, 0.5) is 5.69 Å². The fraction of sp³-hybridized carbons (Fsp3) is 0.167. The van der Waals surface area contributed by atoms with Crippen LogP contribution in [0.1, 0.15) is 25.3 Å². The molecule has 0 bridgehead atoms. The van der Waals surface area contributed by atoms with E-state index in [-0.39, 0.29) is 12.5 Å². The van der Waals surface area contributed by atoms with E-state index in [0.29, 0.717) is 34.3 Å². The van der Waals surface area contributed by atoms with Crippen LogP contribution in [0.25, 0.3) is 22.6 Å². The van der Waals surface area contributed by atoms with Crippen LogP contribution in [-0.2, 0) is 4.79 Å². The first kappa shape index (κ1) is 20.2. The highest BCUT2D eigenvalue weighted by Crippen LogP contribution is 2.27. The molecule has 5 nitrogen and oxygen atoms in total. The Kier molecular flexibility index (Phi) is 5.86. The van der Waals surface area contributed by atoms with Gasteiger partial charge in [0, 0.05) is 15.7 Å². The Morgan fingerprint density at radius 2 is 1.80 bits per heavy atom. The van der Waals surface area contributed by atoms with E-state index in [0.717, 1.165) is 10.0 Å². The molecule has 0 atom stereocenters. The van der Waals surface area contributed by atoms with E-state index < -0.39 is 0 Å². The number of amides is 1. The van der Waals surface area contributed by atoms with E-state index in [4.69, 9.17) is 9.15 Å². The number of hydrogen-bond donors (Lipinski definition) is 1. The largest absolute Gasteiger partial charge is 0.484 e. The first-order chi connectivity index (χ1) is 14.5. The van der Waals surface area contributed by atoms with Gasteiger partial charge in [-0.15, -0.1) is 0 Å². The molecule has 30 heavy (non-hydrogen) atoms. The summed E-state index contributed by atoms with van der Waals surface area (Å²) >= 11 is 3.42. The van der Waals surface area contributed by atoms with Crippen molar-refractivity contribution in [2.45, 2.75) is 19.8 Å². The van der Waals surface area contributed by atoms with Gasteiger partial charge < -0.3 is 14.5 Å². The van der Waals surface area contributed by atoms with E-state index in [2.05, 4.69) is 40.1 Å². The number of halogens is 1. The van der Waals surface area contributed by atoms with Gasteiger partial charge in [0.2, 0.25) is 5.89 Å². The molecule has 0 radical (unpaired) electrons. The van der Waals surface area contributed by atoms with Gasteiger partial charge in [-0.1, -0.05) is 41.9 Å². The molecule has 1 aromatic heterocycles. The normalized spacial score (nSPS) is 11.1. The molecule has 1 heterocycles. The van der Waals surface area contributed by atoms with Crippen LogP contribution in [0.15, 0.2) is 75.6 Å². The molecule has 0 saturated heterocycles. The third-order valence-electron chi connectivity index (χ3n) is 4.68. The maximum Gasteiger partial charge on any atom is 0.262 e. The Morgan fingerprint density at radius 3 is 2.50 bits per heavy atom. The van der Waals surface area contributed by atoms with Crippen molar-refractivity contribution in [1.82, 2.24) is 4.98 Å². The first-order valence-electron chi connectivity index (χ1n) is 9.67. The van der Waals surface area contributed by atoms with Crippen molar-refractivity contribution in [3.63, 3.8) is 0 Å². The Labute approximate surface area is 183 Å². The van der Waals surface area contributed by atoms with Crippen LogP contribution in [0.2, 0.25) is 0 Å². The molecular formula is C24H21BrN2O3. The van der Waals surface area contributed by atoms with Gasteiger partial charge in [-0.3, -0.25) is 4.79 Å². The van der Waals surface area contributed by atoms with Crippen LogP contribution < -0.4 is 10.1 Å². The molecule has 4 aromatic rings. The predicted molar refractivity (Wildman–Crippen MR) is 122 cm³/mol. The zero-order valence-corrected chi connectivity index (χ0v) is 18.3. The standard InChI is InChI=1S/C24H21BrN2O3/c1-15(2)16-5-10-20(11-6-16)29-14-23(28)26-19-9-12-22-21(13-19)27-24(30-22)17-3-7-18(25)8-4-17/h3-13,15H,14H2,1-2H3,(H,26,28). The SMILES string of the molecule is CC(C)c1ccc(OCC(=O)Nc2ccc3oc(-c4ccc(Br)cc4)nc3c2)cc1. The van der Waals surface area contributed by atoms with Gasteiger partial charge in [0.05, 0.1) is 0 Å². The Morgan fingerprint density at radius 1 is 1.07 bits per heavy atom. The molecular weight excluding hydrogens is 444 g/mol. The van der Waals surface area contributed by atoms with Gasteiger partial charge in [0.1, 0.15) is 11.3 Å². The van der Waals surface area contributed by atoms with Crippen molar-refractivity contribution < 1.29 is 13.9 Å². The molecule has 0 saturated carbocycles. The highest BCUT2D eigenvalue weighted by Gasteiger charge is 2.10. The summed E-state index contributed by atoms with van der Waals surface area (Å²) in [6.45, 7) is 4.20. The molecule has 0 aliphatic rings. The van der Waals surface area contributed by atoms with Gasteiger partial charge in [-0.2, -0.15) is 0 Å². The van der Waals surface area contributed by atoms with Gasteiger partial charge >= 0.3 is 0 Å². The maximum atomic E-state index is 12.3. The lowest BCUT2D eigenvalue weighted by Crippen LogP contribution is -2.20. The second-order valence-corrected chi connectivity index (χ2v) is 8.18. The van der Waals surface area contributed by atoms with E-state index in [1.807, 2.05) is 48.5 Å². The monoisotopic (exact) mass is 464 g/mol. The van der Waals surface area contributed by atoms with E-state index in [1.54, 1.807) is 18.2 Å². The number of hydrogen-bond acceptors (Lipinski definition) is 4. The number of aromatic nitrogens is 1. The van der Waals surface area contributed by atoms with Crippen molar-refractivity contribution in [3.8, 4) is 17.2 Å². The quantitative estimate of drug-likeness (QED) is 0.358. The summed E-state index contributed by atoms with van der Waals surface area (Å²) in [4.78, 5) is 16.8. The predicted octanol–water partition coefficient (Wildman–Crippen LogP) is 6.40. The minimum Gasteiger partial charge on any atom is -0.484 e. The van der Waals surface area contributed by atoms with Crippen molar-refractivity contribution in [2.24, 2.45) is 0 Å². The fourth-order valence-corrected chi connectivity index (χ4v) is 3.28. The number of anilines is 1. The summed E-state index contributed by atoms with van der Waals surface area (Å²) in [5.41, 5.74) is 4.09. The van der Waals surface area contributed by atoms with E-state index in [9.17, 15) is 4.79 Å². The lowest BCUT2D eigenvalue weighted by atomic mass is 10.0. The van der Waals surface area contributed by atoms with Crippen LogP contribution in [0.3, 0.4) is 0 Å². The summed E-state index contributed by atoms with van der Waals surface area (Å²) in [7, 11) is 0. The molecule has 1 N–H and O–H groups in total. The zero-order valence-electron chi connectivity index (χ0n) is 16.7. The number of rotatable bonds is 6. The molecule has 0 aliphatic heterocycles. The van der Waals surface area contributed by atoms with Crippen molar-refractivity contribution in [1.29, 1.82) is 0 Å². The van der Waals surface area contributed by atoms with E-state index in [1.165, 1.54) is 5.56 Å². The van der Waals surface area contributed by atoms with Gasteiger partial charge in [-0.25, -0.2) is 4.98 Å². The summed E-state index contributed by atoms with van der Waals surface area (Å²) in [6.07, 6.45) is 0. The van der Waals surface area contributed by atoms with Gasteiger partial charge in [-0.05, 0) is 66.1 Å². The topological polar surface area (TPSA) is 64.4 Å². The number of fused-ring (bicyclic) bond motifs is 1. The number of carbonyl (C=O) groups is 1. The van der Waals surface area contributed by atoms with E-state index >= 15 is 0 Å². The third kappa shape index (κ3) is 4.71. The lowest BCUT2D eigenvalue weighted by Gasteiger charge is -2.09. The zero-order chi connectivity index (χ0) is 21.1. The Hall–Kier alpha value is -3.12. The minimum atomic E-state index is -0.237. The maximum absolute atomic E-state index is 12.3. The average Bonchev–Trinajstić information content (AvgIpc) is 3.16. The molecule has 0 aliphatic carbocycles. The summed E-state index contributed by atoms with van der Waals surface area (Å²) in [5.74, 6) is 1.42. The highest BCUT2D eigenvalue weighted by molar-refractivity contribution is 9.10. The third-order valence-corrected chi connectivity index (χ3v) is 5.21. The van der Waals surface area contributed by atoms with Crippen molar-refractivity contribution in [3.05, 3.63) is 76.8 Å². The van der Waals surface area contributed by atoms with Crippen molar-refractivity contribution >= 4 is 38.6 Å². The Bertz CT molecular complexity index is 1170. The molecule has 1 amide bonds. The van der Waals surface area contributed by atoms with Crippen LogP contribution >= 0.6 is 15.9 Å². The smallest absolute Gasteiger partial charge is 0.262 e. The fourth-order valence-electron chi connectivity index (χ4n) is 3.02. The van der Waals surface area contributed by atoms with Gasteiger partial charge in [0.15, 0.2) is 12.2 Å². The highest BCUT2D eigenvalue weighted by atomic mass is 79.9. The Balaban J connectivity index is 1.40. The molecule has 0 unspecified atom stereocenters. The van der Waals surface area contributed by atoms with Gasteiger partial charge in [0.25, 0.3) is 5.91 Å². The van der Waals surface area contributed by atoms with Crippen LogP contribution in [-0.4, -0.2) is 17.5 Å². The van der Waals surface area contributed by atoms with Crippen molar-refractivity contribution in [2.75, 3.05) is 11.9 Å². The second kappa shape index (κ2) is 8.71. The first-order valence-corrected chi connectivity index (χ1v) is 10.5. The summed E-state index contributed by atoms with van der Waals surface area (Å²) in [5, 5.41) is 2.84.